The van der Waals surface area contributed by atoms with Gasteiger partial charge in [-0.25, -0.2) is 15.0 Å². The van der Waals surface area contributed by atoms with Gasteiger partial charge in [0.05, 0.1) is 8.07 Å². The molecule has 3 nitrogen and oxygen atoms in total. The summed E-state index contributed by atoms with van der Waals surface area (Å²) in [7, 11) is -1.42. The fourth-order valence-corrected chi connectivity index (χ4v) is 8.08. The van der Waals surface area contributed by atoms with Gasteiger partial charge in [-0.2, -0.15) is 0 Å². The number of fused-ring (bicyclic) bond motifs is 4. The fourth-order valence-electron chi connectivity index (χ4n) is 6.91. The van der Waals surface area contributed by atoms with Crippen LogP contribution in [-0.2, 0) is 5.41 Å². The van der Waals surface area contributed by atoms with Crippen LogP contribution in [-0.4, -0.2) is 23.0 Å². The molecule has 1 aliphatic carbocycles. The van der Waals surface area contributed by atoms with Crippen molar-refractivity contribution in [1.29, 1.82) is 0 Å². The third kappa shape index (κ3) is 5.19. The lowest BCUT2D eigenvalue weighted by atomic mass is 9.81. The van der Waals surface area contributed by atoms with Crippen LogP contribution in [0, 0.1) is 0 Å². The highest BCUT2D eigenvalue weighted by Crippen LogP contribution is 2.50. The Bertz CT molecular complexity index is 2300. The summed E-state index contributed by atoms with van der Waals surface area (Å²) in [6.07, 6.45) is 0. The van der Waals surface area contributed by atoms with E-state index in [2.05, 4.69) is 149 Å². The van der Waals surface area contributed by atoms with E-state index in [-0.39, 0.29) is 5.41 Å². The molecule has 0 amide bonds. The van der Waals surface area contributed by atoms with Crippen LogP contribution in [0.1, 0.15) is 25.0 Å². The van der Waals surface area contributed by atoms with Gasteiger partial charge in [-0.15, -0.1) is 0 Å². The molecule has 0 radical (unpaired) electrons. The zero-order valence-corrected chi connectivity index (χ0v) is 28.5. The molecule has 8 rings (SSSR count). The first-order valence-electron chi connectivity index (χ1n) is 16.4. The number of hydrogen-bond acceptors (Lipinski definition) is 3. The predicted molar refractivity (Wildman–Crippen MR) is 200 cm³/mol. The van der Waals surface area contributed by atoms with E-state index >= 15 is 0 Å². The van der Waals surface area contributed by atoms with Crippen LogP contribution in [0.15, 0.2) is 133 Å². The van der Waals surface area contributed by atoms with Gasteiger partial charge in [0, 0.05) is 22.1 Å². The van der Waals surface area contributed by atoms with Gasteiger partial charge in [0.1, 0.15) is 0 Å². The third-order valence-electron chi connectivity index (χ3n) is 9.67. The molecule has 0 fully saturated rings. The zero-order valence-electron chi connectivity index (χ0n) is 27.5. The molecule has 7 aromatic rings. The van der Waals surface area contributed by atoms with E-state index in [0.717, 1.165) is 22.3 Å². The van der Waals surface area contributed by atoms with Crippen molar-refractivity contribution in [1.82, 2.24) is 15.0 Å². The summed E-state index contributed by atoms with van der Waals surface area (Å²) >= 11 is 0. The van der Waals surface area contributed by atoms with Gasteiger partial charge in [-0.3, -0.25) is 0 Å². The maximum Gasteiger partial charge on any atom is 0.164 e. The number of hydrogen-bond donors (Lipinski definition) is 0. The summed E-state index contributed by atoms with van der Waals surface area (Å²) in [5.74, 6) is 2.03. The Labute approximate surface area is 278 Å². The number of benzene rings is 6. The Balaban J connectivity index is 1.21. The van der Waals surface area contributed by atoms with Crippen LogP contribution in [0.3, 0.4) is 0 Å². The Morgan fingerprint density at radius 3 is 1.62 bits per heavy atom. The molecule has 0 bridgehead atoms. The molecule has 1 heterocycles. The Hall–Kier alpha value is -5.19. The second-order valence-electron chi connectivity index (χ2n) is 14.2. The average Bonchev–Trinajstić information content (AvgIpc) is 3.32. The second-order valence-corrected chi connectivity index (χ2v) is 19.3. The summed E-state index contributed by atoms with van der Waals surface area (Å²) in [5.41, 5.74) is 10.6. The van der Waals surface area contributed by atoms with Crippen LogP contribution < -0.4 is 5.19 Å². The zero-order chi connectivity index (χ0) is 32.3. The molecule has 0 aliphatic heterocycles. The van der Waals surface area contributed by atoms with E-state index in [0.29, 0.717) is 17.5 Å². The third-order valence-corrected chi connectivity index (χ3v) is 11.7. The van der Waals surface area contributed by atoms with Crippen molar-refractivity contribution in [2.45, 2.75) is 38.9 Å². The Morgan fingerprint density at radius 2 is 0.936 bits per heavy atom. The largest absolute Gasteiger partial charge is 0.208 e. The first-order chi connectivity index (χ1) is 22.6. The van der Waals surface area contributed by atoms with Crippen LogP contribution in [0.5, 0.6) is 0 Å². The van der Waals surface area contributed by atoms with Crippen molar-refractivity contribution >= 4 is 24.0 Å². The van der Waals surface area contributed by atoms with Gasteiger partial charge >= 0.3 is 0 Å². The topological polar surface area (TPSA) is 38.7 Å². The van der Waals surface area contributed by atoms with E-state index in [1.165, 1.54) is 43.8 Å². The minimum Gasteiger partial charge on any atom is -0.208 e. The lowest BCUT2D eigenvalue weighted by Crippen LogP contribution is -2.37. The second kappa shape index (κ2) is 11.0. The quantitative estimate of drug-likeness (QED) is 0.179. The van der Waals surface area contributed by atoms with Gasteiger partial charge in [0.25, 0.3) is 0 Å². The molecular formula is C43H37N3Si. The monoisotopic (exact) mass is 623 g/mol. The normalized spacial score (nSPS) is 13.4. The molecule has 0 unspecified atom stereocenters. The van der Waals surface area contributed by atoms with Crippen LogP contribution >= 0.6 is 0 Å². The SMILES string of the molecule is CC1(C)c2cc(-c3cccc(-c4nc(-c5ccccc5)nc(-c5ccc([Si](C)(C)C)cc5)n4)c3)ccc2-c2cc3ccccc3cc21. The maximum atomic E-state index is 5.05. The lowest BCUT2D eigenvalue weighted by Gasteiger charge is -2.22. The summed E-state index contributed by atoms with van der Waals surface area (Å²) in [5, 5.41) is 3.99. The van der Waals surface area contributed by atoms with Crippen molar-refractivity contribution in [2.24, 2.45) is 0 Å². The number of rotatable bonds is 5. The molecule has 0 atom stereocenters. The molecule has 0 spiro atoms. The first kappa shape index (κ1) is 29.2. The molecule has 0 saturated carbocycles. The highest BCUT2D eigenvalue weighted by Gasteiger charge is 2.36. The van der Waals surface area contributed by atoms with Crippen LogP contribution in [0.4, 0.5) is 0 Å². The minimum atomic E-state index is -1.42. The van der Waals surface area contributed by atoms with Crippen molar-refractivity contribution < 1.29 is 0 Å². The van der Waals surface area contributed by atoms with E-state index in [9.17, 15) is 0 Å². The fraction of sp³-hybridized carbons (Fsp3) is 0.140. The molecular weight excluding hydrogens is 587 g/mol. The molecule has 0 N–H and O–H groups in total. The highest BCUT2D eigenvalue weighted by molar-refractivity contribution is 6.88. The standard InChI is InChI=1S/C43H37N3Si/c1-43(2)38-27-33(20-23-36(38)37-25-31-14-9-10-15-32(31)26-39(37)43)30-16-11-17-34(24-30)42-45-40(28-12-7-6-8-13-28)44-41(46-42)29-18-21-35(22-19-29)47(3,4)5/h6-27H,1-5H3. The predicted octanol–water partition coefficient (Wildman–Crippen LogP) is 10.5. The van der Waals surface area contributed by atoms with Crippen LogP contribution in [0.25, 0.3) is 67.2 Å². The first-order valence-corrected chi connectivity index (χ1v) is 19.9. The Kier molecular flexibility index (Phi) is 6.82. The summed E-state index contributed by atoms with van der Waals surface area (Å²) in [6, 6.07) is 47.9. The highest BCUT2D eigenvalue weighted by atomic mass is 28.3. The van der Waals surface area contributed by atoms with Gasteiger partial charge in [-0.1, -0.05) is 148 Å². The van der Waals surface area contributed by atoms with Gasteiger partial charge in [-0.05, 0) is 68.4 Å². The summed E-state index contributed by atoms with van der Waals surface area (Å²) < 4.78 is 0. The average molecular weight is 624 g/mol. The molecule has 1 aliphatic rings. The molecule has 6 aromatic carbocycles. The minimum absolute atomic E-state index is 0.0962. The van der Waals surface area contributed by atoms with Crippen LogP contribution in [0.2, 0.25) is 19.6 Å². The number of nitrogens with zero attached hydrogens (tertiary/aromatic N) is 3. The maximum absolute atomic E-state index is 5.05. The summed E-state index contributed by atoms with van der Waals surface area (Å²) in [6.45, 7) is 11.8. The van der Waals surface area contributed by atoms with Crippen molar-refractivity contribution in [3.8, 4) is 56.4 Å². The van der Waals surface area contributed by atoms with Gasteiger partial charge < -0.3 is 0 Å². The van der Waals surface area contributed by atoms with E-state index in [1.807, 2.05) is 18.2 Å². The Morgan fingerprint density at radius 1 is 0.426 bits per heavy atom. The molecule has 0 saturated heterocycles. The lowest BCUT2D eigenvalue weighted by molar-refractivity contribution is 0.661. The van der Waals surface area contributed by atoms with E-state index in [1.54, 1.807) is 0 Å². The van der Waals surface area contributed by atoms with Crippen molar-refractivity contribution in [3.05, 3.63) is 145 Å². The van der Waals surface area contributed by atoms with Gasteiger partial charge in [0.2, 0.25) is 0 Å². The molecule has 228 valence electrons. The van der Waals surface area contributed by atoms with E-state index in [4.69, 9.17) is 15.0 Å². The van der Waals surface area contributed by atoms with Crippen molar-refractivity contribution in [3.63, 3.8) is 0 Å². The van der Waals surface area contributed by atoms with Crippen molar-refractivity contribution in [2.75, 3.05) is 0 Å². The number of aromatic nitrogens is 3. The molecule has 1 aromatic heterocycles. The van der Waals surface area contributed by atoms with Gasteiger partial charge in [0.15, 0.2) is 17.5 Å². The summed E-state index contributed by atoms with van der Waals surface area (Å²) in [4.78, 5) is 15.0. The molecule has 47 heavy (non-hydrogen) atoms. The molecule has 4 heteroatoms. The smallest absolute Gasteiger partial charge is 0.164 e. The van der Waals surface area contributed by atoms with E-state index < -0.39 is 8.07 Å².